The molecule has 0 radical (unpaired) electrons. The van der Waals surface area contributed by atoms with Gasteiger partial charge in [0.2, 0.25) is 0 Å². The van der Waals surface area contributed by atoms with E-state index in [1.165, 1.54) is 6.26 Å². The van der Waals surface area contributed by atoms with Crippen molar-refractivity contribution in [1.82, 2.24) is 0 Å². The molecule has 2 atom stereocenters. The Morgan fingerprint density at radius 3 is 2.42 bits per heavy atom. The zero-order chi connectivity index (χ0) is 8.98. The lowest BCUT2D eigenvalue weighted by Crippen LogP contribution is -2.60. The third-order valence-electron chi connectivity index (χ3n) is 3.23. The van der Waals surface area contributed by atoms with Crippen molar-refractivity contribution in [2.24, 2.45) is 11.3 Å². The number of hydrogen-bond acceptors (Lipinski definition) is 3. The van der Waals surface area contributed by atoms with Crippen molar-refractivity contribution in [1.29, 1.82) is 0 Å². The predicted octanol–water partition coefficient (Wildman–Crippen LogP) is 0.400. The second-order valence-electron chi connectivity index (χ2n) is 4.09. The third kappa shape index (κ3) is 0.937. The standard InChI is InChI=1S/C8H12O3S/c1-12(10,11)5-8-3-2-6(8)4-7(8)9/h6H,2-5H2,1H3. The lowest BCUT2D eigenvalue weighted by Gasteiger charge is -2.56. The molecule has 0 amide bonds. The van der Waals surface area contributed by atoms with E-state index in [-0.39, 0.29) is 11.5 Å². The van der Waals surface area contributed by atoms with Crippen LogP contribution in [0.2, 0.25) is 0 Å². The molecule has 3 nitrogen and oxygen atoms in total. The lowest BCUT2D eigenvalue weighted by atomic mass is 9.48. The van der Waals surface area contributed by atoms with Gasteiger partial charge in [0.15, 0.2) is 0 Å². The van der Waals surface area contributed by atoms with Gasteiger partial charge in [-0.1, -0.05) is 0 Å². The van der Waals surface area contributed by atoms with E-state index in [0.29, 0.717) is 12.3 Å². The minimum Gasteiger partial charge on any atom is -0.299 e. The summed E-state index contributed by atoms with van der Waals surface area (Å²) in [6.07, 6.45) is 3.67. The molecular weight excluding hydrogens is 176 g/mol. The van der Waals surface area contributed by atoms with Gasteiger partial charge in [-0.05, 0) is 18.8 Å². The van der Waals surface area contributed by atoms with Crippen LogP contribution in [0.4, 0.5) is 0 Å². The van der Waals surface area contributed by atoms with Gasteiger partial charge in [0.25, 0.3) is 0 Å². The van der Waals surface area contributed by atoms with Gasteiger partial charge in [-0.25, -0.2) is 8.42 Å². The van der Waals surface area contributed by atoms with Gasteiger partial charge in [-0.3, -0.25) is 4.79 Å². The molecule has 68 valence electrons. The summed E-state index contributed by atoms with van der Waals surface area (Å²) in [4.78, 5) is 11.2. The Balaban J connectivity index is 2.18. The number of carbonyl (C=O) groups excluding carboxylic acids is 1. The summed E-state index contributed by atoms with van der Waals surface area (Å²) in [6, 6.07) is 0. The molecule has 0 aromatic heterocycles. The quantitative estimate of drug-likeness (QED) is 0.630. The molecule has 2 saturated carbocycles. The van der Waals surface area contributed by atoms with Crippen molar-refractivity contribution in [3.05, 3.63) is 0 Å². The molecule has 0 bridgehead atoms. The molecule has 2 unspecified atom stereocenters. The molecule has 2 aliphatic rings. The van der Waals surface area contributed by atoms with Crippen LogP contribution in [0.1, 0.15) is 19.3 Å². The summed E-state index contributed by atoms with van der Waals surface area (Å²) in [5.74, 6) is 0.646. The molecule has 0 heterocycles. The van der Waals surface area contributed by atoms with Crippen LogP contribution in [0.3, 0.4) is 0 Å². The minimum atomic E-state index is -2.98. The van der Waals surface area contributed by atoms with Crippen molar-refractivity contribution < 1.29 is 13.2 Å². The highest BCUT2D eigenvalue weighted by molar-refractivity contribution is 7.90. The Hall–Kier alpha value is -0.380. The Bertz CT molecular complexity index is 330. The van der Waals surface area contributed by atoms with Crippen LogP contribution in [0.15, 0.2) is 0 Å². The van der Waals surface area contributed by atoms with E-state index in [0.717, 1.165) is 12.8 Å². The van der Waals surface area contributed by atoms with E-state index in [1.54, 1.807) is 0 Å². The smallest absolute Gasteiger partial charge is 0.148 e. The van der Waals surface area contributed by atoms with Gasteiger partial charge in [0.05, 0.1) is 5.75 Å². The zero-order valence-corrected chi connectivity index (χ0v) is 7.86. The number of Topliss-reactive ketones (excluding diaryl/α,β-unsaturated/α-hetero) is 1. The number of carbonyl (C=O) groups is 1. The molecule has 0 spiro atoms. The minimum absolute atomic E-state index is 0.0868. The number of hydrogen-bond donors (Lipinski definition) is 0. The number of ketones is 1. The Morgan fingerprint density at radius 2 is 2.25 bits per heavy atom. The molecule has 0 aliphatic heterocycles. The van der Waals surface area contributed by atoms with E-state index in [2.05, 4.69) is 0 Å². The van der Waals surface area contributed by atoms with Gasteiger partial charge in [0.1, 0.15) is 15.6 Å². The fraction of sp³-hybridized carbons (Fsp3) is 0.875. The van der Waals surface area contributed by atoms with Crippen molar-refractivity contribution in [3.8, 4) is 0 Å². The van der Waals surface area contributed by atoms with Crippen LogP contribution in [-0.4, -0.2) is 26.2 Å². The molecule has 12 heavy (non-hydrogen) atoms. The summed E-state index contributed by atoms with van der Waals surface area (Å²) in [5.41, 5.74) is -0.423. The van der Waals surface area contributed by atoms with Crippen molar-refractivity contribution >= 4 is 15.6 Å². The van der Waals surface area contributed by atoms with E-state index in [9.17, 15) is 13.2 Å². The molecule has 2 fully saturated rings. The first kappa shape index (κ1) is 8.23. The summed E-state index contributed by atoms with van der Waals surface area (Å²) in [6.45, 7) is 0. The molecule has 0 aromatic rings. The topological polar surface area (TPSA) is 51.2 Å². The number of fused-ring (bicyclic) bond motifs is 1. The van der Waals surface area contributed by atoms with Gasteiger partial charge in [0, 0.05) is 18.1 Å². The average molecular weight is 188 g/mol. The summed E-state index contributed by atoms with van der Waals surface area (Å²) >= 11 is 0. The molecular formula is C8H12O3S. The first-order chi connectivity index (χ1) is 5.44. The third-order valence-corrected chi connectivity index (χ3v) is 4.27. The SMILES string of the molecule is CS(=O)(=O)CC12CCC1CC2=O. The first-order valence-electron chi connectivity index (χ1n) is 4.15. The van der Waals surface area contributed by atoms with Crippen LogP contribution < -0.4 is 0 Å². The van der Waals surface area contributed by atoms with Crippen LogP contribution in [0.5, 0.6) is 0 Å². The van der Waals surface area contributed by atoms with Crippen LogP contribution in [0.25, 0.3) is 0 Å². The lowest BCUT2D eigenvalue weighted by molar-refractivity contribution is -0.156. The van der Waals surface area contributed by atoms with E-state index in [1.807, 2.05) is 0 Å². The Kier molecular flexibility index (Phi) is 1.44. The van der Waals surface area contributed by atoms with Crippen LogP contribution >= 0.6 is 0 Å². The highest BCUT2D eigenvalue weighted by Crippen LogP contribution is 2.58. The molecule has 0 N–H and O–H groups in total. The fourth-order valence-electron chi connectivity index (χ4n) is 2.40. The molecule has 4 heteroatoms. The van der Waals surface area contributed by atoms with E-state index in [4.69, 9.17) is 0 Å². The Labute approximate surface area is 72.1 Å². The number of rotatable bonds is 2. The largest absolute Gasteiger partial charge is 0.299 e. The van der Waals surface area contributed by atoms with E-state index < -0.39 is 15.3 Å². The zero-order valence-electron chi connectivity index (χ0n) is 7.04. The fourth-order valence-corrected chi connectivity index (χ4v) is 3.87. The normalized spacial score (nSPS) is 39.8. The molecule has 2 aliphatic carbocycles. The van der Waals surface area contributed by atoms with Gasteiger partial charge in [-0.15, -0.1) is 0 Å². The van der Waals surface area contributed by atoms with E-state index >= 15 is 0 Å². The highest BCUT2D eigenvalue weighted by atomic mass is 32.2. The predicted molar refractivity (Wildman–Crippen MR) is 44.5 cm³/mol. The second-order valence-corrected chi connectivity index (χ2v) is 6.23. The van der Waals surface area contributed by atoms with Gasteiger partial charge in [-0.2, -0.15) is 0 Å². The maximum absolute atomic E-state index is 11.2. The summed E-state index contributed by atoms with van der Waals surface area (Å²) < 4.78 is 22.0. The molecule has 0 aromatic carbocycles. The van der Waals surface area contributed by atoms with Crippen molar-refractivity contribution in [3.63, 3.8) is 0 Å². The van der Waals surface area contributed by atoms with Crippen molar-refractivity contribution in [2.75, 3.05) is 12.0 Å². The van der Waals surface area contributed by atoms with Crippen molar-refractivity contribution in [2.45, 2.75) is 19.3 Å². The summed E-state index contributed by atoms with van der Waals surface area (Å²) in [5, 5.41) is 0. The summed E-state index contributed by atoms with van der Waals surface area (Å²) in [7, 11) is -2.98. The second kappa shape index (κ2) is 2.10. The van der Waals surface area contributed by atoms with Crippen LogP contribution in [0, 0.1) is 11.3 Å². The molecule has 2 rings (SSSR count). The van der Waals surface area contributed by atoms with Gasteiger partial charge >= 0.3 is 0 Å². The first-order valence-corrected chi connectivity index (χ1v) is 6.21. The Morgan fingerprint density at radius 1 is 1.58 bits per heavy atom. The monoisotopic (exact) mass is 188 g/mol. The number of sulfone groups is 1. The maximum Gasteiger partial charge on any atom is 0.148 e. The van der Waals surface area contributed by atoms with Crippen LogP contribution in [-0.2, 0) is 14.6 Å². The highest BCUT2D eigenvalue weighted by Gasteiger charge is 2.61. The van der Waals surface area contributed by atoms with Gasteiger partial charge < -0.3 is 0 Å². The average Bonchev–Trinajstić information content (AvgIpc) is 1.92. The maximum atomic E-state index is 11.2. The molecule has 0 saturated heterocycles.